The summed E-state index contributed by atoms with van der Waals surface area (Å²) in [5.74, 6) is -0.710. The van der Waals surface area contributed by atoms with Gasteiger partial charge in [0, 0.05) is 19.6 Å². The van der Waals surface area contributed by atoms with Crippen LogP contribution in [0.5, 0.6) is 0 Å². The second kappa shape index (κ2) is 15.9. The van der Waals surface area contributed by atoms with E-state index in [-0.39, 0.29) is 30.5 Å². The van der Waals surface area contributed by atoms with Crippen molar-refractivity contribution in [1.29, 1.82) is 0 Å². The van der Waals surface area contributed by atoms with Gasteiger partial charge in [-0.15, -0.1) is 0 Å². The summed E-state index contributed by atoms with van der Waals surface area (Å²) in [6.45, 7) is 16.6. The molecule has 2 heterocycles. The first-order chi connectivity index (χ1) is 21.4. The lowest BCUT2D eigenvalue weighted by Crippen LogP contribution is -2.43. The number of aryl methyl sites for hydroxylation is 3. The number of rotatable bonds is 14. The Labute approximate surface area is 268 Å². The van der Waals surface area contributed by atoms with E-state index in [2.05, 4.69) is 4.90 Å². The van der Waals surface area contributed by atoms with Gasteiger partial charge in [-0.25, -0.2) is 9.59 Å². The van der Waals surface area contributed by atoms with Crippen LogP contribution in [-0.2, 0) is 38.0 Å². The number of piperidine rings is 1. The number of aliphatic hydroxyl groups excluding tert-OH is 1. The Morgan fingerprint density at radius 2 is 1.47 bits per heavy atom. The fraction of sp³-hybridized carbons (Fsp3) is 0.714. The van der Waals surface area contributed by atoms with Crippen LogP contribution < -0.4 is 0 Å². The molecule has 1 aliphatic carbocycles. The van der Waals surface area contributed by atoms with Crippen molar-refractivity contribution in [2.75, 3.05) is 59.3 Å². The fourth-order valence-electron chi connectivity index (χ4n) is 6.63. The molecule has 1 saturated heterocycles. The monoisotopic (exact) mass is 631 g/mol. The molecular weight excluding hydrogens is 578 g/mol. The molecule has 0 atom stereocenters. The minimum atomic E-state index is -0.931. The van der Waals surface area contributed by atoms with E-state index in [1.807, 2.05) is 53.7 Å². The molecule has 10 heteroatoms. The molecule has 45 heavy (non-hydrogen) atoms. The third-order valence-corrected chi connectivity index (χ3v) is 8.68. The number of carbonyl (C=O) groups excluding carboxylic acids is 2. The average molecular weight is 632 g/mol. The third kappa shape index (κ3) is 9.99. The molecule has 0 aromatic heterocycles. The Balaban J connectivity index is 1.07. The molecule has 252 valence electrons. The van der Waals surface area contributed by atoms with Crippen LogP contribution >= 0.6 is 0 Å². The molecule has 1 saturated carbocycles. The van der Waals surface area contributed by atoms with Gasteiger partial charge in [-0.2, -0.15) is 0 Å². The number of esters is 2. The van der Waals surface area contributed by atoms with Gasteiger partial charge in [0.2, 0.25) is 0 Å². The van der Waals surface area contributed by atoms with Gasteiger partial charge in [0.25, 0.3) is 0 Å². The fourth-order valence-corrected chi connectivity index (χ4v) is 6.63. The predicted molar refractivity (Wildman–Crippen MR) is 170 cm³/mol. The van der Waals surface area contributed by atoms with E-state index in [1.165, 1.54) is 0 Å². The van der Waals surface area contributed by atoms with Gasteiger partial charge in [0.1, 0.15) is 17.8 Å². The lowest BCUT2D eigenvalue weighted by molar-refractivity contribution is -0.160. The van der Waals surface area contributed by atoms with Crippen molar-refractivity contribution < 1.29 is 43.1 Å². The van der Waals surface area contributed by atoms with Gasteiger partial charge < -0.3 is 38.4 Å². The predicted octanol–water partition coefficient (Wildman–Crippen LogP) is 4.99. The first-order valence-corrected chi connectivity index (χ1v) is 16.4. The van der Waals surface area contributed by atoms with Gasteiger partial charge in [-0.3, -0.25) is 0 Å². The van der Waals surface area contributed by atoms with E-state index in [0.29, 0.717) is 51.4 Å². The van der Waals surface area contributed by atoms with Crippen LogP contribution in [0.2, 0.25) is 0 Å². The van der Waals surface area contributed by atoms with E-state index in [9.17, 15) is 14.7 Å². The highest BCUT2D eigenvalue weighted by atomic mass is 16.6. The Hall–Kier alpha value is -2.50. The smallest absolute Gasteiger partial charge is 0.343 e. The summed E-state index contributed by atoms with van der Waals surface area (Å²) in [4.78, 5) is 27.0. The van der Waals surface area contributed by atoms with Crippen molar-refractivity contribution in [3.05, 3.63) is 40.1 Å². The van der Waals surface area contributed by atoms with Crippen molar-refractivity contribution >= 4 is 17.5 Å². The lowest BCUT2D eigenvalue weighted by Gasteiger charge is -2.39. The maximum Gasteiger partial charge on any atom is 0.343 e. The number of carbonyl (C=O) groups is 2. The molecule has 0 amide bonds. The summed E-state index contributed by atoms with van der Waals surface area (Å²) in [7, 11) is 0. The van der Waals surface area contributed by atoms with Gasteiger partial charge in [-0.05, 0) is 96.8 Å². The number of nitrogens with zero attached hydrogens (tertiary/aromatic N) is 1. The van der Waals surface area contributed by atoms with Crippen LogP contribution in [0.4, 0.5) is 0 Å². The van der Waals surface area contributed by atoms with Crippen LogP contribution in [-0.4, -0.2) is 105 Å². The Morgan fingerprint density at radius 3 is 2.07 bits per heavy atom. The van der Waals surface area contributed by atoms with Crippen molar-refractivity contribution in [2.24, 2.45) is 0 Å². The highest BCUT2D eigenvalue weighted by Crippen LogP contribution is 2.47. The molecule has 2 fully saturated rings. The van der Waals surface area contributed by atoms with Crippen molar-refractivity contribution in [2.45, 2.75) is 103 Å². The van der Waals surface area contributed by atoms with E-state index in [0.717, 1.165) is 67.6 Å². The summed E-state index contributed by atoms with van der Waals surface area (Å²) in [5.41, 5.74) is 2.76. The standard InChI is InChI=1S/C35H53NO9/c1-24-21-25(2)30(26(3)22-24)31-32(38)35(45-33(31)39)11-7-27(8-12-35)43-28-9-13-36(14-10-28)15-16-40-17-18-41-19-20-42-23-29(37)44-34(4,5)6/h21-22,27-28,38H,7-20,23H2,1-6H3. The van der Waals surface area contributed by atoms with E-state index < -0.39 is 17.2 Å². The average Bonchev–Trinajstić information content (AvgIpc) is 3.19. The van der Waals surface area contributed by atoms with Crippen LogP contribution in [0.25, 0.3) is 5.57 Å². The van der Waals surface area contributed by atoms with Crippen molar-refractivity contribution in [3.8, 4) is 0 Å². The van der Waals surface area contributed by atoms with Crippen LogP contribution in [0.3, 0.4) is 0 Å². The number of likely N-dealkylation sites (tertiary alicyclic amines) is 1. The normalized spacial score (nSPS) is 23.2. The summed E-state index contributed by atoms with van der Waals surface area (Å²) in [6, 6.07) is 4.08. The molecule has 0 bridgehead atoms. The Bertz CT molecular complexity index is 1160. The highest BCUT2D eigenvalue weighted by Gasteiger charge is 2.51. The maximum atomic E-state index is 13.0. The zero-order valence-electron chi connectivity index (χ0n) is 28.1. The maximum absolute atomic E-state index is 13.0. The quantitative estimate of drug-likeness (QED) is 0.223. The summed E-state index contributed by atoms with van der Waals surface area (Å²) in [5, 5.41) is 11.3. The zero-order valence-corrected chi connectivity index (χ0v) is 28.1. The third-order valence-electron chi connectivity index (χ3n) is 8.68. The topological polar surface area (TPSA) is 113 Å². The van der Waals surface area contributed by atoms with Gasteiger partial charge in [0.15, 0.2) is 11.4 Å². The van der Waals surface area contributed by atoms with E-state index in [1.54, 1.807) is 0 Å². The van der Waals surface area contributed by atoms with Crippen LogP contribution in [0.15, 0.2) is 17.9 Å². The summed E-state index contributed by atoms with van der Waals surface area (Å²) < 4.78 is 34.1. The Morgan fingerprint density at radius 1 is 0.911 bits per heavy atom. The SMILES string of the molecule is Cc1cc(C)c(C2=C(O)C3(CCC(OC4CCN(CCOCCOCCOCC(=O)OC(C)(C)C)CC4)CC3)OC2=O)c(C)c1. The lowest BCUT2D eigenvalue weighted by atomic mass is 9.80. The molecule has 1 N–H and O–H groups in total. The Kier molecular flexibility index (Phi) is 12.5. The largest absolute Gasteiger partial charge is 0.507 e. The van der Waals surface area contributed by atoms with Crippen LogP contribution in [0.1, 0.15) is 81.5 Å². The minimum Gasteiger partial charge on any atom is -0.507 e. The molecule has 0 radical (unpaired) electrons. The minimum absolute atomic E-state index is 0.0746. The van der Waals surface area contributed by atoms with Crippen molar-refractivity contribution in [1.82, 2.24) is 4.90 Å². The molecule has 2 aliphatic heterocycles. The first-order valence-electron chi connectivity index (χ1n) is 16.4. The second-order valence-electron chi connectivity index (χ2n) is 13.6. The number of hydrogen-bond acceptors (Lipinski definition) is 10. The number of hydrogen-bond donors (Lipinski definition) is 1. The second-order valence-corrected chi connectivity index (χ2v) is 13.6. The molecule has 1 spiro atoms. The van der Waals surface area contributed by atoms with E-state index in [4.69, 9.17) is 28.4 Å². The zero-order chi connectivity index (χ0) is 32.6. The molecule has 0 unspecified atom stereocenters. The molecule has 10 nitrogen and oxygen atoms in total. The molecular formula is C35H53NO9. The van der Waals surface area contributed by atoms with Crippen LogP contribution in [0, 0.1) is 20.8 Å². The van der Waals surface area contributed by atoms with Gasteiger partial charge >= 0.3 is 11.9 Å². The molecule has 1 aromatic carbocycles. The summed E-state index contributed by atoms with van der Waals surface area (Å²) >= 11 is 0. The molecule has 3 aliphatic rings. The van der Waals surface area contributed by atoms with Gasteiger partial charge in [0.05, 0.1) is 45.2 Å². The number of aliphatic hydroxyl groups is 1. The highest BCUT2D eigenvalue weighted by molar-refractivity contribution is 6.20. The molecule has 4 rings (SSSR count). The van der Waals surface area contributed by atoms with Gasteiger partial charge in [-0.1, -0.05) is 17.7 Å². The first kappa shape index (κ1) is 35.4. The van der Waals surface area contributed by atoms with Crippen molar-refractivity contribution in [3.63, 3.8) is 0 Å². The summed E-state index contributed by atoms with van der Waals surface area (Å²) in [6.07, 6.45) is 4.93. The molecule has 1 aromatic rings. The number of benzene rings is 1. The number of ether oxygens (including phenoxy) is 6. The van der Waals surface area contributed by atoms with E-state index >= 15 is 0 Å².